The van der Waals surface area contributed by atoms with E-state index in [0.29, 0.717) is 6.42 Å². The number of hydrogen-bond acceptors (Lipinski definition) is 3. The minimum absolute atomic E-state index is 0.392. The highest BCUT2D eigenvalue weighted by Gasteiger charge is 2.20. The van der Waals surface area contributed by atoms with Crippen LogP contribution in [0.2, 0.25) is 0 Å². The van der Waals surface area contributed by atoms with Gasteiger partial charge in [-0.25, -0.2) is 0 Å². The van der Waals surface area contributed by atoms with E-state index in [1.54, 1.807) is 11.3 Å². The zero-order chi connectivity index (χ0) is 13.4. The van der Waals surface area contributed by atoms with Crippen LogP contribution in [0.15, 0.2) is 12.1 Å². The quantitative estimate of drug-likeness (QED) is 0.932. The van der Waals surface area contributed by atoms with E-state index in [9.17, 15) is 5.11 Å². The van der Waals surface area contributed by atoms with Crippen LogP contribution in [0.25, 0.3) is 0 Å². The Balaban J connectivity index is 1.78. The number of aliphatic hydroxyl groups is 1. The molecule has 0 aliphatic heterocycles. The molecule has 1 unspecified atom stereocenters. The van der Waals surface area contributed by atoms with Gasteiger partial charge < -0.3 is 5.11 Å². The van der Waals surface area contributed by atoms with Gasteiger partial charge in [0.2, 0.25) is 0 Å². The van der Waals surface area contributed by atoms with Crippen molar-refractivity contribution < 1.29 is 5.11 Å². The first-order valence-corrected chi connectivity index (χ1v) is 7.82. The highest BCUT2D eigenvalue weighted by Crippen LogP contribution is 2.34. The summed E-state index contributed by atoms with van der Waals surface area (Å²) in [6.45, 7) is 4.95. The number of fused-ring (bicyclic) bond motifs is 1. The number of hydrogen-bond donors (Lipinski definition) is 1. The molecule has 0 fully saturated rings. The van der Waals surface area contributed by atoms with Gasteiger partial charge in [-0.15, -0.1) is 11.3 Å². The molecule has 0 spiro atoms. The maximum absolute atomic E-state index is 10.4. The molecule has 1 aliphatic rings. The Bertz CT molecular complexity index is 563. The first-order valence-electron chi connectivity index (χ1n) is 7.00. The van der Waals surface area contributed by atoms with Crippen LogP contribution in [0.1, 0.15) is 46.2 Å². The maximum atomic E-state index is 10.4. The van der Waals surface area contributed by atoms with Crippen LogP contribution in [0, 0.1) is 6.92 Å². The maximum Gasteiger partial charge on any atom is 0.0937 e. The topological polar surface area (TPSA) is 38.0 Å². The van der Waals surface area contributed by atoms with Crippen LogP contribution in [-0.4, -0.2) is 14.9 Å². The Morgan fingerprint density at radius 1 is 1.42 bits per heavy atom. The fourth-order valence-corrected chi connectivity index (χ4v) is 4.10. The Hall–Kier alpha value is -1.13. The molecule has 1 aliphatic carbocycles. The molecule has 0 radical (unpaired) electrons. The normalized spacial score (nSPS) is 15.7. The molecule has 1 N–H and O–H groups in total. The van der Waals surface area contributed by atoms with Gasteiger partial charge in [-0.2, -0.15) is 5.10 Å². The smallest absolute Gasteiger partial charge is 0.0937 e. The fourth-order valence-electron chi connectivity index (χ4n) is 2.85. The van der Waals surface area contributed by atoms with Gasteiger partial charge >= 0.3 is 0 Å². The molecule has 0 aromatic carbocycles. The van der Waals surface area contributed by atoms with E-state index >= 15 is 0 Å². The zero-order valence-corrected chi connectivity index (χ0v) is 12.3. The molecule has 4 heteroatoms. The van der Waals surface area contributed by atoms with E-state index in [4.69, 9.17) is 0 Å². The minimum Gasteiger partial charge on any atom is -0.387 e. The Morgan fingerprint density at radius 2 is 2.26 bits per heavy atom. The van der Waals surface area contributed by atoms with Crippen molar-refractivity contribution in [1.29, 1.82) is 0 Å². The van der Waals surface area contributed by atoms with E-state index in [1.807, 2.05) is 11.6 Å². The van der Waals surface area contributed by atoms with Crippen molar-refractivity contribution in [3.05, 3.63) is 38.8 Å². The van der Waals surface area contributed by atoms with Gasteiger partial charge in [-0.05, 0) is 50.8 Å². The molecule has 19 heavy (non-hydrogen) atoms. The average Bonchev–Trinajstić information content (AvgIpc) is 3.02. The van der Waals surface area contributed by atoms with Crippen LogP contribution >= 0.6 is 11.3 Å². The monoisotopic (exact) mass is 276 g/mol. The number of aromatic nitrogens is 2. The molecular formula is C15H20N2OS. The van der Waals surface area contributed by atoms with Crippen molar-refractivity contribution in [2.75, 3.05) is 0 Å². The van der Waals surface area contributed by atoms with Crippen molar-refractivity contribution in [3.63, 3.8) is 0 Å². The van der Waals surface area contributed by atoms with E-state index < -0.39 is 6.10 Å². The molecule has 0 amide bonds. The summed E-state index contributed by atoms with van der Waals surface area (Å²) in [4.78, 5) is 2.60. The van der Waals surface area contributed by atoms with Gasteiger partial charge in [-0.3, -0.25) is 4.68 Å². The standard InChI is InChI=1S/C15H20N2OS/c1-3-17-12(7-10(2)16-17)9-13(18)15-8-11-5-4-6-14(11)19-15/h7-8,13,18H,3-6,9H2,1-2H3. The van der Waals surface area contributed by atoms with Gasteiger partial charge in [0, 0.05) is 28.4 Å². The predicted molar refractivity (Wildman–Crippen MR) is 77.6 cm³/mol. The summed E-state index contributed by atoms with van der Waals surface area (Å²) in [5.41, 5.74) is 3.61. The van der Waals surface area contributed by atoms with Gasteiger partial charge in [0.25, 0.3) is 0 Å². The number of rotatable bonds is 4. The lowest BCUT2D eigenvalue weighted by atomic mass is 10.1. The summed E-state index contributed by atoms with van der Waals surface area (Å²) in [5.74, 6) is 0. The van der Waals surface area contributed by atoms with E-state index in [0.717, 1.165) is 22.8 Å². The summed E-state index contributed by atoms with van der Waals surface area (Å²) in [7, 11) is 0. The lowest BCUT2D eigenvalue weighted by molar-refractivity contribution is 0.179. The third-order valence-electron chi connectivity index (χ3n) is 3.78. The SMILES string of the molecule is CCn1nc(C)cc1CC(O)c1cc2c(s1)CCC2. The Kier molecular flexibility index (Phi) is 3.46. The summed E-state index contributed by atoms with van der Waals surface area (Å²) in [6, 6.07) is 4.28. The number of nitrogens with zero attached hydrogens (tertiary/aromatic N) is 2. The summed E-state index contributed by atoms with van der Waals surface area (Å²) in [5, 5.41) is 14.9. The van der Waals surface area contributed by atoms with Crippen molar-refractivity contribution in [2.45, 2.75) is 52.2 Å². The molecule has 102 valence electrons. The molecule has 0 bridgehead atoms. The molecule has 2 heterocycles. The molecule has 3 rings (SSSR count). The van der Waals surface area contributed by atoms with Gasteiger partial charge in [-0.1, -0.05) is 0 Å². The second-order valence-corrected chi connectivity index (χ2v) is 6.43. The lowest BCUT2D eigenvalue weighted by Gasteiger charge is -2.10. The molecule has 3 nitrogen and oxygen atoms in total. The van der Waals surface area contributed by atoms with Crippen molar-refractivity contribution in [1.82, 2.24) is 9.78 Å². The molecular weight excluding hydrogens is 256 g/mol. The Labute approximate surface area is 117 Å². The van der Waals surface area contributed by atoms with Crippen LogP contribution in [0.4, 0.5) is 0 Å². The third-order valence-corrected chi connectivity index (χ3v) is 5.12. The van der Waals surface area contributed by atoms with E-state index in [1.165, 1.54) is 29.7 Å². The average molecular weight is 276 g/mol. The molecule has 0 saturated carbocycles. The van der Waals surface area contributed by atoms with Crippen molar-refractivity contribution in [3.8, 4) is 0 Å². The van der Waals surface area contributed by atoms with Gasteiger partial charge in [0.1, 0.15) is 0 Å². The van der Waals surface area contributed by atoms with E-state index in [2.05, 4.69) is 24.2 Å². The number of aryl methyl sites for hydroxylation is 4. The molecule has 2 aromatic rings. The second kappa shape index (κ2) is 5.10. The molecule has 1 atom stereocenters. The van der Waals surface area contributed by atoms with Crippen molar-refractivity contribution >= 4 is 11.3 Å². The van der Waals surface area contributed by atoms with Gasteiger partial charge in [0.05, 0.1) is 11.8 Å². The summed E-state index contributed by atoms with van der Waals surface area (Å²) < 4.78 is 1.99. The highest BCUT2D eigenvalue weighted by molar-refractivity contribution is 7.12. The summed E-state index contributed by atoms with van der Waals surface area (Å²) >= 11 is 1.79. The molecule has 2 aromatic heterocycles. The Morgan fingerprint density at radius 3 is 3.00 bits per heavy atom. The number of aliphatic hydroxyl groups excluding tert-OH is 1. The first kappa shape index (κ1) is 12.9. The first-order chi connectivity index (χ1) is 9.17. The lowest BCUT2D eigenvalue weighted by Crippen LogP contribution is -2.07. The fraction of sp³-hybridized carbons (Fsp3) is 0.533. The largest absolute Gasteiger partial charge is 0.387 e. The molecule has 0 saturated heterocycles. The van der Waals surface area contributed by atoms with Gasteiger partial charge in [0.15, 0.2) is 0 Å². The van der Waals surface area contributed by atoms with Crippen LogP contribution in [-0.2, 0) is 25.8 Å². The predicted octanol–water partition coefficient (Wildman–Crippen LogP) is 3.04. The van der Waals surface area contributed by atoms with Crippen LogP contribution in [0.5, 0.6) is 0 Å². The number of thiophene rings is 1. The second-order valence-electron chi connectivity index (χ2n) is 5.26. The zero-order valence-electron chi connectivity index (χ0n) is 11.5. The highest BCUT2D eigenvalue weighted by atomic mass is 32.1. The van der Waals surface area contributed by atoms with Crippen molar-refractivity contribution in [2.24, 2.45) is 0 Å². The third kappa shape index (κ3) is 2.47. The minimum atomic E-state index is -0.392. The van der Waals surface area contributed by atoms with Crippen LogP contribution < -0.4 is 0 Å². The summed E-state index contributed by atoms with van der Waals surface area (Å²) in [6.07, 6.45) is 3.92. The van der Waals surface area contributed by atoms with E-state index in [-0.39, 0.29) is 0 Å². The van der Waals surface area contributed by atoms with Crippen LogP contribution in [0.3, 0.4) is 0 Å².